The SMILES string of the molecule is COCCOCCOCCC(=O)Nc1ccccc1CN. The Labute approximate surface area is 125 Å². The van der Waals surface area contributed by atoms with Crippen molar-refractivity contribution in [3.8, 4) is 0 Å². The van der Waals surface area contributed by atoms with Crippen molar-refractivity contribution >= 4 is 11.6 Å². The average molecular weight is 296 g/mol. The van der Waals surface area contributed by atoms with Crippen LogP contribution in [0.3, 0.4) is 0 Å². The van der Waals surface area contributed by atoms with E-state index < -0.39 is 0 Å². The normalized spacial score (nSPS) is 10.6. The van der Waals surface area contributed by atoms with Gasteiger partial charge in [-0.15, -0.1) is 0 Å². The maximum absolute atomic E-state index is 11.8. The van der Waals surface area contributed by atoms with Gasteiger partial charge in [0.1, 0.15) is 0 Å². The van der Waals surface area contributed by atoms with E-state index in [0.29, 0.717) is 46.0 Å². The summed E-state index contributed by atoms with van der Waals surface area (Å²) < 4.78 is 15.4. The second-order valence-corrected chi connectivity index (χ2v) is 4.38. The lowest BCUT2D eigenvalue weighted by atomic mass is 10.2. The van der Waals surface area contributed by atoms with Crippen LogP contribution in [0.2, 0.25) is 0 Å². The second kappa shape index (κ2) is 11.2. The third-order valence-corrected chi connectivity index (χ3v) is 2.79. The summed E-state index contributed by atoms with van der Waals surface area (Å²) >= 11 is 0. The Hall–Kier alpha value is -1.47. The van der Waals surface area contributed by atoms with E-state index in [1.165, 1.54) is 0 Å². The van der Waals surface area contributed by atoms with Crippen LogP contribution in [0, 0.1) is 0 Å². The smallest absolute Gasteiger partial charge is 0.226 e. The molecule has 0 atom stereocenters. The first kappa shape index (κ1) is 17.6. The number of nitrogens with two attached hydrogens (primary N) is 1. The van der Waals surface area contributed by atoms with E-state index in [0.717, 1.165) is 11.3 Å². The minimum atomic E-state index is -0.0869. The first-order chi connectivity index (χ1) is 10.3. The molecule has 21 heavy (non-hydrogen) atoms. The maximum atomic E-state index is 11.8. The largest absolute Gasteiger partial charge is 0.382 e. The van der Waals surface area contributed by atoms with Gasteiger partial charge in [-0.25, -0.2) is 0 Å². The minimum absolute atomic E-state index is 0.0869. The molecule has 0 aliphatic heterocycles. The summed E-state index contributed by atoms with van der Waals surface area (Å²) in [6, 6.07) is 7.49. The van der Waals surface area contributed by atoms with Crippen LogP contribution >= 0.6 is 0 Å². The average Bonchev–Trinajstić information content (AvgIpc) is 2.50. The minimum Gasteiger partial charge on any atom is -0.382 e. The highest BCUT2D eigenvalue weighted by Crippen LogP contribution is 2.14. The van der Waals surface area contributed by atoms with Gasteiger partial charge in [0.15, 0.2) is 0 Å². The van der Waals surface area contributed by atoms with Crippen molar-refractivity contribution in [2.45, 2.75) is 13.0 Å². The number of rotatable bonds is 11. The van der Waals surface area contributed by atoms with E-state index in [4.69, 9.17) is 19.9 Å². The Bertz CT molecular complexity index is 412. The first-order valence-electron chi connectivity index (χ1n) is 7.00. The highest BCUT2D eigenvalue weighted by Gasteiger charge is 2.05. The molecule has 1 aromatic rings. The summed E-state index contributed by atoms with van der Waals surface area (Å²) in [4.78, 5) is 11.8. The van der Waals surface area contributed by atoms with Gasteiger partial charge in [0.2, 0.25) is 5.91 Å². The quantitative estimate of drug-likeness (QED) is 0.599. The number of nitrogens with one attached hydrogen (secondary N) is 1. The Morgan fingerprint density at radius 2 is 1.76 bits per heavy atom. The standard InChI is InChI=1S/C15H24N2O4/c1-19-8-9-21-11-10-20-7-6-15(18)17-14-5-3-2-4-13(14)12-16/h2-5H,6-12,16H2,1H3,(H,17,18). The van der Waals surface area contributed by atoms with Crippen molar-refractivity contribution in [2.75, 3.05) is 45.5 Å². The zero-order chi connectivity index (χ0) is 15.3. The Kier molecular flexibility index (Phi) is 9.39. The van der Waals surface area contributed by atoms with Gasteiger partial charge in [-0.3, -0.25) is 4.79 Å². The zero-order valence-corrected chi connectivity index (χ0v) is 12.5. The lowest BCUT2D eigenvalue weighted by Crippen LogP contribution is -2.17. The van der Waals surface area contributed by atoms with E-state index in [-0.39, 0.29) is 5.91 Å². The molecule has 0 saturated carbocycles. The number of carbonyl (C=O) groups excluding carboxylic acids is 1. The van der Waals surface area contributed by atoms with Crippen LogP contribution < -0.4 is 11.1 Å². The number of anilines is 1. The molecule has 1 rings (SSSR count). The number of para-hydroxylation sites is 1. The van der Waals surface area contributed by atoms with Gasteiger partial charge in [0.25, 0.3) is 0 Å². The molecule has 0 bridgehead atoms. The fourth-order valence-electron chi connectivity index (χ4n) is 1.66. The molecule has 6 heteroatoms. The summed E-state index contributed by atoms with van der Waals surface area (Å²) in [5, 5.41) is 2.83. The van der Waals surface area contributed by atoms with Crippen LogP contribution in [-0.2, 0) is 25.5 Å². The van der Waals surface area contributed by atoms with Gasteiger partial charge in [-0.2, -0.15) is 0 Å². The summed E-state index contributed by atoms with van der Waals surface area (Å²) in [5.74, 6) is -0.0869. The molecule has 6 nitrogen and oxygen atoms in total. The maximum Gasteiger partial charge on any atom is 0.226 e. The number of hydrogen-bond acceptors (Lipinski definition) is 5. The highest BCUT2D eigenvalue weighted by molar-refractivity contribution is 5.91. The highest BCUT2D eigenvalue weighted by atomic mass is 16.5. The van der Waals surface area contributed by atoms with Gasteiger partial charge < -0.3 is 25.3 Å². The third kappa shape index (κ3) is 7.77. The molecule has 1 aromatic carbocycles. The fourth-order valence-corrected chi connectivity index (χ4v) is 1.66. The van der Waals surface area contributed by atoms with Crippen molar-refractivity contribution in [3.63, 3.8) is 0 Å². The Morgan fingerprint density at radius 3 is 2.48 bits per heavy atom. The predicted octanol–water partition coefficient (Wildman–Crippen LogP) is 1.15. The van der Waals surface area contributed by atoms with Crippen LogP contribution in [0.5, 0.6) is 0 Å². The molecule has 0 saturated heterocycles. The molecule has 0 aromatic heterocycles. The van der Waals surface area contributed by atoms with E-state index in [2.05, 4.69) is 5.32 Å². The van der Waals surface area contributed by atoms with Crippen molar-refractivity contribution in [1.82, 2.24) is 0 Å². The molecule has 3 N–H and O–H groups in total. The fraction of sp³-hybridized carbons (Fsp3) is 0.533. The van der Waals surface area contributed by atoms with Crippen LogP contribution in [-0.4, -0.2) is 46.1 Å². The molecule has 0 aliphatic rings. The van der Waals surface area contributed by atoms with Crippen LogP contribution in [0.1, 0.15) is 12.0 Å². The molecule has 0 spiro atoms. The molecule has 0 fully saturated rings. The molecular formula is C15H24N2O4. The molecular weight excluding hydrogens is 272 g/mol. The van der Waals surface area contributed by atoms with Gasteiger partial charge >= 0.3 is 0 Å². The predicted molar refractivity (Wildman–Crippen MR) is 81.1 cm³/mol. The lowest BCUT2D eigenvalue weighted by Gasteiger charge is -2.10. The van der Waals surface area contributed by atoms with E-state index in [1.807, 2.05) is 24.3 Å². The summed E-state index contributed by atoms with van der Waals surface area (Å²) in [6.07, 6.45) is 0.303. The molecule has 0 radical (unpaired) electrons. The van der Waals surface area contributed by atoms with Crippen molar-refractivity contribution in [3.05, 3.63) is 29.8 Å². The van der Waals surface area contributed by atoms with E-state index >= 15 is 0 Å². The van der Waals surface area contributed by atoms with Gasteiger partial charge in [-0.05, 0) is 11.6 Å². The second-order valence-electron chi connectivity index (χ2n) is 4.38. The summed E-state index contributed by atoms with van der Waals surface area (Å²) in [5.41, 5.74) is 7.29. The van der Waals surface area contributed by atoms with E-state index in [1.54, 1.807) is 7.11 Å². The molecule has 118 valence electrons. The van der Waals surface area contributed by atoms with Crippen molar-refractivity contribution < 1.29 is 19.0 Å². The monoisotopic (exact) mass is 296 g/mol. The number of methoxy groups -OCH3 is 1. The first-order valence-corrected chi connectivity index (χ1v) is 7.00. The number of hydrogen-bond donors (Lipinski definition) is 2. The van der Waals surface area contributed by atoms with Crippen LogP contribution in [0.4, 0.5) is 5.69 Å². The molecule has 0 aliphatic carbocycles. The zero-order valence-electron chi connectivity index (χ0n) is 12.5. The summed E-state index contributed by atoms with van der Waals surface area (Å²) in [6.45, 7) is 2.85. The molecule has 1 amide bonds. The Morgan fingerprint density at radius 1 is 1.10 bits per heavy atom. The van der Waals surface area contributed by atoms with Crippen molar-refractivity contribution in [2.24, 2.45) is 5.73 Å². The number of carbonyl (C=O) groups is 1. The molecule has 0 unspecified atom stereocenters. The number of benzene rings is 1. The number of ether oxygens (including phenoxy) is 3. The Balaban J connectivity index is 2.11. The van der Waals surface area contributed by atoms with Gasteiger partial charge in [0.05, 0.1) is 39.5 Å². The number of amides is 1. The summed E-state index contributed by atoms with van der Waals surface area (Å²) in [7, 11) is 1.63. The third-order valence-electron chi connectivity index (χ3n) is 2.79. The molecule has 0 heterocycles. The van der Waals surface area contributed by atoms with Crippen LogP contribution in [0.15, 0.2) is 24.3 Å². The topological polar surface area (TPSA) is 82.8 Å². The lowest BCUT2D eigenvalue weighted by molar-refractivity contribution is -0.117. The van der Waals surface area contributed by atoms with Gasteiger partial charge in [0, 0.05) is 19.3 Å². The van der Waals surface area contributed by atoms with Crippen LogP contribution in [0.25, 0.3) is 0 Å². The van der Waals surface area contributed by atoms with E-state index in [9.17, 15) is 4.79 Å². The van der Waals surface area contributed by atoms with Gasteiger partial charge in [-0.1, -0.05) is 18.2 Å². The van der Waals surface area contributed by atoms with Crippen molar-refractivity contribution in [1.29, 1.82) is 0 Å².